The van der Waals surface area contributed by atoms with Gasteiger partial charge in [-0.25, -0.2) is 0 Å². The number of nitrogens with two attached hydrogens (primary N) is 1. The lowest BCUT2D eigenvalue weighted by atomic mass is 10.1. The maximum atomic E-state index is 11.8. The minimum Gasteiger partial charge on any atom is -0.398 e. The van der Waals surface area contributed by atoms with E-state index in [1.54, 1.807) is 6.07 Å². The van der Waals surface area contributed by atoms with Gasteiger partial charge in [0.15, 0.2) is 5.78 Å². The number of Topliss-reactive ketones (excluding diaryl/α,β-unsaturated/α-hetero) is 1. The van der Waals surface area contributed by atoms with E-state index in [-0.39, 0.29) is 10.6 Å². The Balaban J connectivity index is 3.20. The molecule has 0 spiro atoms. The Labute approximate surface area is 96.4 Å². The van der Waals surface area contributed by atoms with Crippen LogP contribution in [0.5, 0.6) is 0 Å². The van der Waals surface area contributed by atoms with Crippen molar-refractivity contribution in [1.29, 1.82) is 0 Å². The molecule has 76 valence electrons. The molecule has 2 N–H and O–H groups in total. The Bertz CT molecular complexity index is 352. The highest BCUT2D eigenvalue weighted by atomic mass is 79.9. The fourth-order valence-electron chi connectivity index (χ4n) is 1.19. The van der Waals surface area contributed by atoms with Crippen LogP contribution < -0.4 is 5.73 Å². The molecule has 0 aliphatic carbocycles. The fraction of sp³-hybridized carbons (Fsp3) is 0.300. The molecule has 0 saturated carbocycles. The van der Waals surface area contributed by atoms with E-state index in [1.807, 2.05) is 25.3 Å². The number of hydrogen-bond donors (Lipinski definition) is 1. The molecule has 4 heteroatoms. The molecule has 0 aliphatic heterocycles. The van der Waals surface area contributed by atoms with Crippen LogP contribution in [0.4, 0.5) is 5.69 Å². The van der Waals surface area contributed by atoms with E-state index >= 15 is 0 Å². The molecular weight excluding hydrogens is 262 g/mol. The van der Waals surface area contributed by atoms with E-state index in [1.165, 1.54) is 11.8 Å². The van der Waals surface area contributed by atoms with Crippen molar-refractivity contribution in [3.05, 3.63) is 23.8 Å². The monoisotopic (exact) mass is 273 g/mol. The molecular formula is C10H12BrNOS. The zero-order chi connectivity index (χ0) is 10.7. The Morgan fingerprint density at radius 1 is 1.57 bits per heavy atom. The molecule has 0 radical (unpaired) electrons. The molecule has 0 aliphatic rings. The molecule has 14 heavy (non-hydrogen) atoms. The van der Waals surface area contributed by atoms with Gasteiger partial charge < -0.3 is 5.73 Å². The second kappa shape index (κ2) is 4.84. The number of carbonyl (C=O) groups is 1. The summed E-state index contributed by atoms with van der Waals surface area (Å²) >= 11 is 4.77. The summed E-state index contributed by atoms with van der Waals surface area (Å²) in [6, 6.07) is 5.42. The third kappa shape index (κ3) is 2.30. The van der Waals surface area contributed by atoms with Gasteiger partial charge in [-0.1, -0.05) is 28.1 Å². The molecule has 1 rings (SSSR count). The Hall–Kier alpha value is -0.480. The second-order valence-corrected chi connectivity index (χ2v) is 5.10. The van der Waals surface area contributed by atoms with Gasteiger partial charge >= 0.3 is 0 Å². The van der Waals surface area contributed by atoms with Gasteiger partial charge in [0.2, 0.25) is 0 Å². The molecule has 2 nitrogen and oxygen atoms in total. The number of halogens is 1. The van der Waals surface area contributed by atoms with Crippen molar-refractivity contribution >= 4 is 39.2 Å². The van der Waals surface area contributed by atoms with Crippen molar-refractivity contribution in [2.45, 2.75) is 16.6 Å². The molecule has 0 aromatic heterocycles. The van der Waals surface area contributed by atoms with Crippen LogP contribution in [-0.4, -0.2) is 16.9 Å². The quantitative estimate of drug-likeness (QED) is 0.399. The van der Waals surface area contributed by atoms with Crippen molar-refractivity contribution in [3.63, 3.8) is 0 Å². The van der Waals surface area contributed by atoms with E-state index in [9.17, 15) is 4.79 Å². The third-order valence-corrected chi connectivity index (χ3v) is 3.16. The maximum absolute atomic E-state index is 11.8. The van der Waals surface area contributed by atoms with Gasteiger partial charge in [0.1, 0.15) is 0 Å². The number of hydrogen-bond acceptors (Lipinski definition) is 3. The molecule has 0 fully saturated rings. The second-order valence-electron chi connectivity index (χ2n) is 2.91. The minimum atomic E-state index is -0.171. The first-order chi connectivity index (χ1) is 6.57. The van der Waals surface area contributed by atoms with E-state index in [2.05, 4.69) is 15.9 Å². The molecule has 1 aromatic rings. The summed E-state index contributed by atoms with van der Waals surface area (Å²) in [4.78, 5) is 12.5. The van der Waals surface area contributed by atoms with Gasteiger partial charge in [-0.05, 0) is 19.2 Å². The molecule has 0 amide bonds. The summed E-state index contributed by atoms with van der Waals surface area (Å²) < 4.78 is 0. The van der Waals surface area contributed by atoms with Crippen molar-refractivity contribution in [2.24, 2.45) is 0 Å². The van der Waals surface area contributed by atoms with Crippen LogP contribution in [-0.2, 0) is 0 Å². The molecule has 1 aromatic carbocycles. The third-order valence-electron chi connectivity index (χ3n) is 1.88. The van der Waals surface area contributed by atoms with Gasteiger partial charge in [0, 0.05) is 16.1 Å². The number of rotatable bonds is 3. The van der Waals surface area contributed by atoms with Gasteiger partial charge in [-0.2, -0.15) is 0 Å². The standard InChI is InChI=1S/C10H12BrNOS/c1-6(11)9(13)7-4-3-5-8(12)10(7)14-2/h3-6H,12H2,1-2H3. The average Bonchev–Trinajstić information content (AvgIpc) is 2.16. The molecule has 0 bridgehead atoms. The Kier molecular flexibility index (Phi) is 4.01. The highest BCUT2D eigenvalue weighted by Crippen LogP contribution is 2.28. The number of ketones is 1. The van der Waals surface area contributed by atoms with Crippen LogP contribution in [0.3, 0.4) is 0 Å². The number of alkyl halides is 1. The van der Waals surface area contributed by atoms with Gasteiger partial charge in [-0.15, -0.1) is 11.8 Å². The van der Waals surface area contributed by atoms with Crippen molar-refractivity contribution in [2.75, 3.05) is 12.0 Å². The number of anilines is 1. The van der Waals surface area contributed by atoms with Gasteiger partial charge in [0.25, 0.3) is 0 Å². The summed E-state index contributed by atoms with van der Waals surface area (Å²) in [6.07, 6.45) is 1.92. The van der Waals surface area contributed by atoms with E-state index < -0.39 is 0 Å². The fourth-order valence-corrected chi connectivity index (χ4v) is 2.13. The molecule has 0 saturated heterocycles. The summed E-state index contributed by atoms with van der Waals surface area (Å²) in [5.41, 5.74) is 7.14. The predicted octanol–water partition coefficient (Wildman–Crippen LogP) is 2.96. The number of thioether (sulfide) groups is 1. The molecule has 1 unspecified atom stereocenters. The van der Waals surface area contributed by atoms with Crippen LogP contribution in [0.25, 0.3) is 0 Å². The normalized spacial score (nSPS) is 12.5. The number of benzene rings is 1. The summed E-state index contributed by atoms with van der Waals surface area (Å²) in [6.45, 7) is 1.82. The SMILES string of the molecule is CSc1c(N)cccc1C(=O)C(C)Br. The lowest BCUT2D eigenvalue weighted by Gasteiger charge is -2.09. The van der Waals surface area contributed by atoms with Crippen molar-refractivity contribution in [1.82, 2.24) is 0 Å². The van der Waals surface area contributed by atoms with Crippen LogP contribution in [0.2, 0.25) is 0 Å². The van der Waals surface area contributed by atoms with Gasteiger partial charge in [0.05, 0.1) is 4.83 Å². The van der Waals surface area contributed by atoms with Crippen LogP contribution in [0.1, 0.15) is 17.3 Å². The van der Waals surface area contributed by atoms with E-state index in [4.69, 9.17) is 5.73 Å². The average molecular weight is 274 g/mol. The zero-order valence-electron chi connectivity index (χ0n) is 8.08. The topological polar surface area (TPSA) is 43.1 Å². The Morgan fingerprint density at radius 3 is 2.71 bits per heavy atom. The van der Waals surface area contributed by atoms with Crippen LogP contribution >= 0.6 is 27.7 Å². The maximum Gasteiger partial charge on any atom is 0.177 e. The Morgan fingerprint density at radius 2 is 2.21 bits per heavy atom. The summed E-state index contributed by atoms with van der Waals surface area (Å²) in [5, 5.41) is 0. The van der Waals surface area contributed by atoms with E-state index in [0.29, 0.717) is 11.3 Å². The first-order valence-corrected chi connectivity index (χ1v) is 6.32. The predicted molar refractivity (Wildman–Crippen MR) is 65.4 cm³/mol. The first-order valence-electron chi connectivity index (χ1n) is 4.18. The largest absolute Gasteiger partial charge is 0.398 e. The first kappa shape index (κ1) is 11.6. The highest BCUT2D eigenvalue weighted by Gasteiger charge is 2.16. The smallest absolute Gasteiger partial charge is 0.177 e. The lowest BCUT2D eigenvalue weighted by molar-refractivity contribution is 0.0993. The van der Waals surface area contributed by atoms with Crippen molar-refractivity contribution < 1.29 is 4.79 Å². The summed E-state index contributed by atoms with van der Waals surface area (Å²) in [7, 11) is 0. The molecule has 1 atom stereocenters. The number of carbonyl (C=O) groups excluding carboxylic acids is 1. The number of nitrogen functional groups attached to an aromatic ring is 1. The van der Waals surface area contributed by atoms with Gasteiger partial charge in [-0.3, -0.25) is 4.79 Å². The van der Waals surface area contributed by atoms with Crippen LogP contribution in [0, 0.1) is 0 Å². The zero-order valence-corrected chi connectivity index (χ0v) is 10.5. The van der Waals surface area contributed by atoms with E-state index in [0.717, 1.165) is 4.90 Å². The minimum absolute atomic E-state index is 0.0710. The lowest BCUT2D eigenvalue weighted by Crippen LogP contribution is -2.11. The molecule has 0 heterocycles. The van der Waals surface area contributed by atoms with Crippen LogP contribution in [0.15, 0.2) is 23.1 Å². The van der Waals surface area contributed by atoms with Crippen molar-refractivity contribution in [3.8, 4) is 0 Å². The highest BCUT2D eigenvalue weighted by molar-refractivity contribution is 9.10. The summed E-state index contributed by atoms with van der Waals surface area (Å²) in [5.74, 6) is 0.0710.